The summed E-state index contributed by atoms with van der Waals surface area (Å²) in [5.41, 5.74) is 1.04. The lowest BCUT2D eigenvalue weighted by Gasteiger charge is -2.08. The van der Waals surface area contributed by atoms with Crippen LogP contribution in [0.2, 0.25) is 0 Å². The molecular formula is C18H19NO5. The number of hydrogen-bond acceptors (Lipinski definition) is 5. The van der Waals surface area contributed by atoms with Crippen molar-refractivity contribution in [2.75, 3.05) is 26.1 Å². The van der Waals surface area contributed by atoms with E-state index in [9.17, 15) is 9.59 Å². The van der Waals surface area contributed by atoms with Crippen LogP contribution in [-0.4, -0.2) is 32.7 Å². The van der Waals surface area contributed by atoms with E-state index in [2.05, 4.69) is 10.1 Å². The molecule has 0 aliphatic rings. The van der Waals surface area contributed by atoms with Gasteiger partial charge in [-0.15, -0.1) is 0 Å². The summed E-state index contributed by atoms with van der Waals surface area (Å²) in [5.74, 6) is 0.830. The fraction of sp³-hybridized carbons (Fsp3) is 0.222. The molecule has 2 aromatic carbocycles. The minimum atomic E-state index is -0.416. The number of hydrogen-bond donors (Lipinski definition) is 1. The predicted octanol–water partition coefficient (Wildman–Crippen LogP) is 2.89. The molecule has 126 valence electrons. The Labute approximate surface area is 140 Å². The van der Waals surface area contributed by atoms with Crippen LogP contribution >= 0.6 is 0 Å². The average Bonchev–Trinajstić information content (AvgIpc) is 2.62. The molecule has 0 saturated carbocycles. The van der Waals surface area contributed by atoms with Gasteiger partial charge in [-0.25, -0.2) is 4.79 Å². The van der Waals surface area contributed by atoms with Crippen molar-refractivity contribution in [2.45, 2.75) is 6.42 Å². The lowest BCUT2D eigenvalue weighted by Crippen LogP contribution is -2.15. The first-order chi connectivity index (χ1) is 11.6. The van der Waals surface area contributed by atoms with Gasteiger partial charge in [-0.2, -0.15) is 0 Å². The number of esters is 1. The lowest BCUT2D eigenvalue weighted by atomic mass is 10.2. The molecule has 0 aromatic heterocycles. The molecule has 6 heteroatoms. The molecule has 0 heterocycles. The van der Waals surface area contributed by atoms with Crippen molar-refractivity contribution in [1.82, 2.24) is 0 Å². The quantitative estimate of drug-likeness (QED) is 0.791. The molecular weight excluding hydrogens is 310 g/mol. The molecule has 0 unspecified atom stereocenters. The van der Waals surface area contributed by atoms with Gasteiger partial charge in [0.25, 0.3) is 0 Å². The van der Waals surface area contributed by atoms with E-state index in [4.69, 9.17) is 9.47 Å². The molecule has 2 aromatic rings. The topological polar surface area (TPSA) is 73.9 Å². The first-order valence-electron chi connectivity index (χ1n) is 7.37. The van der Waals surface area contributed by atoms with E-state index in [1.807, 2.05) is 0 Å². The van der Waals surface area contributed by atoms with Crippen LogP contribution in [0, 0.1) is 0 Å². The van der Waals surface area contributed by atoms with Crippen molar-refractivity contribution < 1.29 is 23.8 Å². The fourth-order valence-corrected chi connectivity index (χ4v) is 1.96. The van der Waals surface area contributed by atoms with Crippen molar-refractivity contribution in [3.63, 3.8) is 0 Å². The Bertz CT molecular complexity index is 680. The summed E-state index contributed by atoms with van der Waals surface area (Å²) in [6.07, 6.45) is 0.213. The zero-order chi connectivity index (χ0) is 17.4. The maximum atomic E-state index is 11.9. The van der Waals surface area contributed by atoms with E-state index in [-0.39, 0.29) is 18.9 Å². The number of rotatable bonds is 7. The second-order valence-corrected chi connectivity index (χ2v) is 4.89. The first-order valence-corrected chi connectivity index (χ1v) is 7.37. The van der Waals surface area contributed by atoms with Crippen molar-refractivity contribution in [3.05, 3.63) is 54.1 Å². The highest BCUT2D eigenvalue weighted by Gasteiger charge is 2.06. The largest absolute Gasteiger partial charge is 0.497 e. The predicted molar refractivity (Wildman–Crippen MR) is 89.5 cm³/mol. The van der Waals surface area contributed by atoms with Gasteiger partial charge in [0.05, 0.1) is 32.8 Å². The number of nitrogens with one attached hydrogen (secondary N) is 1. The molecule has 0 aliphatic carbocycles. The monoisotopic (exact) mass is 329 g/mol. The van der Waals surface area contributed by atoms with Gasteiger partial charge in [0.1, 0.15) is 11.5 Å². The van der Waals surface area contributed by atoms with E-state index >= 15 is 0 Å². The summed E-state index contributed by atoms with van der Waals surface area (Å²) in [6.45, 7) is 0.262. The number of carbonyl (C=O) groups is 2. The smallest absolute Gasteiger partial charge is 0.337 e. The van der Waals surface area contributed by atoms with Crippen molar-refractivity contribution in [3.8, 4) is 11.5 Å². The third kappa shape index (κ3) is 5.01. The number of benzene rings is 2. The van der Waals surface area contributed by atoms with Crippen LogP contribution in [0.4, 0.5) is 5.69 Å². The van der Waals surface area contributed by atoms with Gasteiger partial charge in [-0.05, 0) is 48.5 Å². The standard InChI is InChI=1S/C18H19NO5/c1-22-15-7-9-16(10-8-15)24-12-11-17(20)19-14-5-3-13(4-6-14)18(21)23-2/h3-10H,11-12H2,1-2H3,(H,19,20). The molecule has 0 aliphatic heterocycles. The van der Waals surface area contributed by atoms with Crippen LogP contribution in [-0.2, 0) is 9.53 Å². The molecule has 0 radical (unpaired) electrons. The zero-order valence-electron chi connectivity index (χ0n) is 13.6. The number of anilines is 1. The van der Waals surface area contributed by atoms with Crippen LogP contribution in [0.3, 0.4) is 0 Å². The molecule has 1 amide bonds. The van der Waals surface area contributed by atoms with Gasteiger partial charge in [-0.1, -0.05) is 0 Å². The summed E-state index contributed by atoms with van der Waals surface area (Å²) >= 11 is 0. The number of ether oxygens (including phenoxy) is 3. The summed E-state index contributed by atoms with van der Waals surface area (Å²) in [5, 5.41) is 2.74. The Morgan fingerprint density at radius 2 is 1.54 bits per heavy atom. The SMILES string of the molecule is COC(=O)c1ccc(NC(=O)CCOc2ccc(OC)cc2)cc1. The summed E-state index contributed by atoms with van der Waals surface area (Å²) in [4.78, 5) is 23.2. The normalized spacial score (nSPS) is 9.92. The molecule has 0 fully saturated rings. The Morgan fingerprint density at radius 3 is 2.12 bits per heavy atom. The van der Waals surface area contributed by atoms with Crippen LogP contribution in [0.15, 0.2) is 48.5 Å². The van der Waals surface area contributed by atoms with E-state index < -0.39 is 5.97 Å². The molecule has 0 atom stereocenters. The van der Waals surface area contributed by atoms with Gasteiger partial charge >= 0.3 is 5.97 Å². The van der Waals surface area contributed by atoms with Gasteiger partial charge in [0, 0.05) is 5.69 Å². The van der Waals surface area contributed by atoms with Gasteiger partial charge < -0.3 is 19.5 Å². The number of carbonyl (C=O) groups excluding carboxylic acids is 2. The maximum Gasteiger partial charge on any atom is 0.337 e. The Hall–Kier alpha value is -3.02. The third-order valence-electron chi connectivity index (χ3n) is 3.25. The Kier molecular flexibility index (Phi) is 6.19. The molecule has 24 heavy (non-hydrogen) atoms. The zero-order valence-corrected chi connectivity index (χ0v) is 13.6. The summed E-state index contributed by atoms with van der Waals surface area (Å²) < 4.78 is 15.2. The van der Waals surface area contributed by atoms with Crippen molar-refractivity contribution in [1.29, 1.82) is 0 Å². The van der Waals surface area contributed by atoms with Crippen molar-refractivity contribution in [2.24, 2.45) is 0 Å². The van der Waals surface area contributed by atoms with E-state index in [1.54, 1.807) is 55.6 Å². The summed E-state index contributed by atoms with van der Waals surface area (Å²) in [7, 11) is 2.92. The van der Waals surface area contributed by atoms with Gasteiger partial charge in [0.2, 0.25) is 5.91 Å². The molecule has 6 nitrogen and oxygen atoms in total. The van der Waals surface area contributed by atoms with E-state index in [0.29, 0.717) is 17.0 Å². The van der Waals surface area contributed by atoms with Crippen LogP contribution in [0.5, 0.6) is 11.5 Å². The highest BCUT2D eigenvalue weighted by molar-refractivity contribution is 5.93. The molecule has 0 bridgehead atoms. The second-order valence-electron chi connectivity index (χ2n) is 4.89. The first kappa shape index (κ1) is 17.3. The number of methoxy groups -OCH3 is 2. The van der Waals surface area contributed by atoms with E-state index in [0.717, 1.165) is 5.75 Å². The fourth-order valence-electron chi connectivity index (χ4n) is 1.96. The van der Waals surface area contributed by atoms with Crippen molar-refractivity contribution >= 4 is 17.6 Å². The highest BCUT2D eigenvalue weighted by Crippen LogP contribution is 2.17. The minimum Gasteiger partial charge on any atom is -0.497 e. The minimum absolute atomic E-state index is 0.172. The number of amides is 1. The molecule has 1 N–H and O–H groups in total. The van der Waals surface area contributed by atoms with Crippen LogP contribution in [0.1, 0.15) is 16.8 Å². The Balaban J connectivity index is 1.77. The van der Waals surface area contributed by atoms with Crippen LogP contribution in [0.25, 0.3) is 0 Å². The maximum absolute atomic E-state index is 11.9. The molecule has 0 spiro atoms. The molecule has 0 saturated heterocycles. The third-order valence-corrected chi connectivity index (χ3v) is 3.25. The Morgan fingerprint density at radius 1 is 0.917 bits per heavy atom. The summed E-state index contributed by atoms with van der Waals surface area (Å²) in [6, 6.07) is 13.6. The molecule has 2 rings (SSSR count). The average molecular weight is 329 g/mol. The lowest BCUT2D eigenvalue weighted by molar-refractivity contribution is -0.116. The van der Waals surface area contributed by atoms with Gasteiger partial charge in [0.15, 0.2) is 0 Å². The van der Waals surface area contributed by atoms with E-state index in [1.165, 1.54) is 7.11 Å². The van der Waals surface area contributed by atoms with Crippen LogP contribution < -0.4 is 14.8 Å². The second kappa shape index (κ2) is 8.57. The van der Waals surface area contributed by atoms with Gasteiger partial charge in [-0.3, -0.25) is 4.79 Å². The highest BCUT2D eigenvalue weighted by atomic mass is 16.5.